The summed E-state index contributed by atoms with van der Waals surface area (Å²) in [5.74, 6) is 0. The van der Waals surface area contributed by atoms with E-state index in [-0.39, 0.29) is 6.10 Å². The fourth-order valence-electron chi connectivity index (χ4n) is 2.83. The highest BCUT2D eigenvalue weighted by Crippen LogP contribution is 2.23. The van der Waals surface area contributed by atoms with Crippen LogP contribution < -0.4 is 0 Å². The van der Waals surface area contributed by atoms with Gasteiger partial charge in [-0.05, 0) is 18.2 Å². The maximum Gasteiger partial charge on any atom is 0.108 e. The number of benzene rings is 1. The number of thiazole rings is 1. The summed E-state index contributed by atoms with van der Waals surface area (Å²) in [6.07, 6.45) is 3.99. The summed E-state index contributed by atoms with van der Waals surface area (Å²) in [7, 11) is 0. The second-order valence-corrected chi connectivity index (χ2v) is 6.65. The molecule has 1 saturated heterocycles. The van der Waals surface area contributed by atoms with Gasteiger partial charge in [0.25, 0.3) is 0 Å². The first-order valence-electron chi connectivity index (χ1n) is 7.53. The molecule has 3 heterocycles. The number of ether oxygens (including phenoxy) is 1. The highest BCUT2D eigenvalue weighted by molar-refractivity contribution is 7.18. The first-order valence-corrected chi connectivity index (χ1v) is 8.34. The molecule has 22 heavy (non-hydrogen) atoms. The van der Waals surface area contributed by atoms with Crippen LogP contribution >= 0.6 is 11.3 Å². The molecule has 5 nitrogen and oxygen atoms in total. The van der Waals surface area contributed by atoms with E-state index in [0.717, 1.165) is 38.3 Å². The van der Waals surface area contributed by atoms with Crippen molar-refractivity contribution in [1.29, 1.82) is 0 Å². The Morgan fingerprint density at radius 3 is 3.09 bits per heavy atom. The Morgan fingerprint density at radius 2 is 2.23 bits per heavy atom. The summed E-state index contributed by atoms with van der Waals surface area (Å²) in [5.41, 5.74) is 1.10. The van der Waals surface area contributed by atoms with Crippen LogP contribution in [0.1, 0.15) is 5.01 Å². The fourth-order valence-corrected chi connectivity index (χ4v) is 3.84. The normalized spacial score (nSPS) is 19.7. The van der Waals surface area contributed by atoms with Crippen molar-refractivity contribution in [1.82, 2.24) is 19.7 Å². The Labute approximate surface area is 133 Å². The summed E-state index contributed by atoms with van der Waals surface area (Å²) in [5, 5.41) is 5.44. The van der Waals surface area contributed by atoms with E-state index >= 15 is 0 Å². The third kappa shape index (κ3) is 3.04. The number of hydrogen-bond donors (Lipinski definition) is 0. The van der Waals surface area contributed by atoms with Gasteiger partial charge in [0.1, 0.15) is 5.01 Å². The third-order valence-corrected chi connectivity index (χ3v) is 4.89. The lowest BCUT2D eigenvalue weighted by atomic mass is 10.2. The molecule has 1 aromatic carbocycles. The van der Waals surface area contributed by atoms with Gasteiger partial charge >= 0.3 is 0 Å². The molecule has 0 N–H and O–H groups in total. The van der Waals surface area contributed by atoms with E-state index in [9.17, 15) is 0 Å². The number of nitrogens with zero attached hydrogens (tertiary/aromatic N) is 4. The van der Waals surface area contributed by atoms with Crippen LogP contribution in [0.25, 0.3) is 10.2 Å². The van der Waals surface area contributed by atoms with E-state index in [1.54, 1.807) is 11.3 Å². The zero-order valence-electron chi connectivity index (χ0n) is 12.3. The van der Waals surface area contributed by atoms with Crippen LogP contribution in [0.3, 0.4) is 0 Å². The van der Waals surface area contributed by atoms with Gasteiger partial charge in [-0.25, -0.2) is 4.98 Å². The largest absolute Gasteiger partial charge is 0.374 e. The zero-order chi connectivity index (χ0) is 14.8. The summed E-state index contributed by atoms with van der Waals surface area (Å²) < 4.78 is 9.06. The van der Waals surface area contributed by atoms with Crippen molar-refractivity contribution in [2.75, 3.05) is 19.7 Å². The third-order valence-electron chi connectivity index (χ3n) is 3.87. The van der Waals surface area contributed by atoms with E-state index in [1.165, 1.54) is 9.71 Å². The molecule has 6 heteroatoms. The van der Waals surface area contributed by atoms with Crippen LogP contribution in [0.2, 0.25) is 0 Å². The van der Waals surface area contributed by atoms with Crippen LogP contribution in [0, 0.1) is 0 Å². The average molecular weight is 314 g/mol. The van der Waals surface area contributed by atoms with Crippen molar-refractivity contribution >= 4 is 21.6 Å². The van der Waals surface area contributed by atoms with E-state index in [2.05, 4.69) is 28.2 Å². The van der Waals surface area contributed by atoms with E-state index in [4.69, 9.17) is 9.72 Å². The Balaban J connectivity index is 1.41. The minimum absolute atomic E-state index is 0.197. The second-order valence-electron chi connectivity index (χ2n) is 5.53. The maximum absolute atomic E-state index is 5.86. The summed E-state index contributed by atoms with van der Waals surface area (Å²) in [6.45, 7) is 4.37. The second kappa shape index (κ2) is 6.16. The first-order chi connectivity index (χ1) is 10.9. The predicted octanol–water partition coefficient (Wildman–Crippen LogP) is 2.39. The average Bonchev–Trinajstić information content (AvgIpc) is 3.16. The highest BCUT2D eigenvalue weighted by atomic mass is 32.1. The van der Waals surface area contributed by atoms with Crippen LogP contribution in [0.15, 0.2) is 42.7 Å². The van der Waals surface area contributed by atoms with Gasteiger partial charge in [-0.3, -0.25) is 9.58 Å². The summed E-state index contributed by atoms with van der Waals surface area (Å²) in [6, 6.07) is 10.3. The van der Waals surface area contributed by atoms with Gasteiger partial charge in [-0.1, -0.05) is 12.1 Å². The molecule has 0 radical (unpaired) electrons. The molecule has 4 rings (SSSR count). The Morgan fingerprint density at radius 1 is 1.27 bits per heavy atom. The van der Waals surface area contributed by atoms with Crippen LogP contribution in [0.5, 0.6) is 0 Å². The number of fused-ring (bicyclic) bond motifs is 1. The molecule has 1 fully saturated rings. The smallest absolute Gasteiger partial charge is 0.108 e. The quantitative estimate of drug-likeness (QED) is 0.742. The predicted molar refractivity (Wildman–Crippen MR) is 86.9 cm³/mol. The number of hydrogen-bond acceptors (Lipinski definition) is 5. The molecule has 2 aromatic heterocycles. The molecule has 0 amide bonds. The minimum atomic E-state index is 0.197. The topological polar surface area (TPSA) is 43.2 Å². The maximum atomic E-state index is 5.86. The van der Waals surface area contributed by atoms with Gasteiger partial charge in [0.15, 0.2) is 0 Å². The van der Waals surface area contributed by atoms with Crippen LogP contribution in [0.4, 0.5) is 0 Å². The van der Waals surface area contributed by atoms with Crippen molar-refractivity contribution in [2.24, 2.45) is 0 Å². The van der Waals surface area contributed by atoms with Gasteiger partial charge < -0.3 is 4.74 Å². The standard InChI is InChI=1S/C16H18N4OS/c1-2-5-15-14(4-1)18-16(22-15)12-19-8-9-21-13(10-19)11-20-7-3-6-17-20/h1-7,13H,8-12H2/t13-/m1/s1. The molecule has 0 spiro atoms. The SMILES string of the molecule is c1ccc2sc(CN3CCO[C@@H](Cn4cccn4)C3)nc2c1. The minimum Gasteiger partial charge on any atom is -0.374 e. The molecule has 3 aromatic rings. The molecule has 1 aliphatic rings. The first kappa shape index (κ1) is 13.9. The molecule has 0 unspecified atom stereocenters. The van der Waals surface area contributed by atoms with Crippen LogP contribution in [-0.2, 0) is 17.8 Å². The molecule has 114 valence electrons. The van der Waals surface area contributed by atoms with E-state index < -0.39 is 0 Å². The van der Waals surface area contributed by atoms with Crippen molar-refractivity contribution in [2.45, 2.75) is 19.2 Å². The molecular weight excluding hydrogens is 296 g/mol. The number of para-hydroxylation sites is 1. The molecule has 0 aliphatic carbocycles. The number of morpholine rings is 1. The van der Waals surface area contributed by atoms with Gasteiger partial charge in [0, 0.05) is 25.5 Å². The Bertz CT molecular complexity index is 707. The lowest BCUT2D eigenvalue weighted by Crippen LogP contribution is -2.43. The monoisotopic (exact) mass is 314 g/mol. The molecule has 1 aliphatic heterocycles. The van der Waals surface area contributed by atoms with Crippen LogP contribution in [-0.4, -0.2) is 45.5 Å². The van der Waals surface area contributed by atoms with E-state index in [1.807, 2.05) is 29.2 Å². The molecular formula is C16H18N4OS. The summed E-state index contributed by atoms with van der Waals surface area (Å²) in [4.78, 5) is 7.15. The number of aromatic nitrogens is 3. The lowest BCUT2D eigenvalue weighted by Gasteiger charge is -2.32. The van der Waals surface area contributed by atoms with Crippen molar-refractivity contribution in [3.8, 4) is 0 Å². The Hall–Kier alpha value is -1.76. The molecule has 0 bridgehead atoms. The van der Waals surface area contributed by atoms with Gasteiger partial charge in [0.2, 0.25) is 0 Å². The zero-order valence-corrected chi connectivity index (χ0v) is 13.1. The fraction of sp³-hybridized carbons (Fsp3) is 0.375. The molecule has 1 atom stereocenters. The van der Waals surface area contributed by atoms with Crippen molar-refractivity contribution in [3.63, 3.8) is 0 Å². The highest BCUT2D eigenvalue weighted by Gasteiger charge is 2.22. The number of rotatable bonds is 4. The van der Waals surface area contributed by atoms with Gasteiger partial charge in [-0.2, -0.15) is 5.10 Å². The summed E-state index contributed by atoms with van der Waals surface area (Å²) >= 11 is 1.79. The Kier molecular flexibility index (Phi) is 3.88. The van der Waals surface area contributed by atoms with Crippen molar-refractivity contribution < 1.29 is 4.74 Å². The van der Waals surface area contributed by atoms with Gasteiger partial charge in [-0.15, -0.1) is 11.3 Å². The lowest BCUT2D eigenvalue weighted by molar-refractivity contribution is -0.0402. The van der Waals surface area contributed by atoms with E-state index in [0.29, 0.717) is 0 Å². The van der Waals surface area contributed by atoms with Gasteiger partial charge in [0.05, 0.1) is 36.0 Å². The molecule has 0 saturated carbocycles. The van der Waals surface area contributed by atoms with Crippen molar-refractivity contribution in [3.05, 3.63) is 47.7 Å².